The molecule has 0 aliphatic carbocycles. The number of ether oxygens (including phenoxy) is 2. The van der Waals surface area contributed by atoms with Gasteiger partial charge in [-0.15, -0.1) is 0 Å². The maximum Gasteiger partial charge on any atom is 0.287 e. The molecule has 4 aromatic rings. The second kappa shape index (κ2) is 11.5. The Morgan fingerprint density at radius 1 is 0.975 bits per heavy atom. The Morgan fingerprint density at radius 2 is 1.77 bits per heavy atom. The number of nitro benzene ring substituents is 1. The highest BCUT2D eigenvalue weighted by atomic mass is 35.5. The average Bonchev–Trinajstić information content (AvgIpc) is 3.62. The molecule has 0 atom stereocenters. The van der Waals surface area contributed by atoms with Gasteiger partial charge in [-0.2, -0.15) is 5.10 Å². The van der Waals surface area contributed by atoms with Crippen LogP contribution in [0.2, 0.25) is 5.02 Å². The molecule has 0 saturated carbocycles. The van der Waals surface area contributed by atoms with Crippen LogP contribution in [0, 0.1) is 10.1 Å². The number of halogens is 1. The highest BCUT2D eigenvalue weighted by Crippen LogP contribution is 2.33. The van der Waals surface area contributed by atoms with E-state index in [1.54, 1.807) is 60.7 Å². The van der Waals surface area contributed by atoms with Crippen molar-refractivity contribution in [2.24, 2.45) is 5.10 Å². The summed E-state index contributed by atoms with van der Waals surface area (Å²) in [6.07, 6.45) is 2.74. The van der Waals surface area contributed by atoms with Crippen LogP contribution in [0.15, 0.2) is 94.1 Å². The third-order valence-corrected chi connectivity index (χ3v) is 5.96. The van der Waals surface area contributed by atoms with Crippen molar-refractivity contribution < 1.29 is 28.4 Å². The molecule has 12 heteroatoms. The van der Waals surface area contributed by atoms with Crippen LogP contribution in [0.25, 0.3) is 17.4 Å². The van der Waals surface area contributed by atoms with Crippen molar-refractivity contribution in [3.63, 3.8) is 0 Å². The molecule has 11 nitrogen and oxygen atoms in total. The van der Waals surface area contributed by atoms with E-state index in [9.17, 15) is 19.7 Å². The summed E-state index contributed by atoms with van der Waals surface area (Å²) in [6, 6.07) is 20.8. The van der Waals surface area contributed by atoms with E-state index in [4.69, 9.17) is 25.5 Å². The number of hydrogen-bond donors (Lipinski definition) is 2. The monoisotopic (exact) mass is 558 g/mol. The first-order chi connectivity index (χ1) is 19.4. The Labute approximate surface area is 231 Å². The van der Waals surface area contributed by atoms with E-state index in [0.29, 0.717) is 33.9 Å². The van der Waals surface area contributed by atoms with E-state index in [1.807, 2.05) is 0 Å². The van der Waals surface area contributed by atoms with E-state index in [-0.39, 0.29) is 29.0 Å². The number of hydrazone groups is 1. The number of nitrogens with one attached hydrogen (secondary N) is 2. The molecule has 1 aliphatic rings. The molecule has 2 amide bonds. The first-order valence-electron chi connectivity index (χ1n) is 11.7. The highest BCUT2D eigenvalue weighted by molar-refractivity contribution is 6.33. The highest BCUT2D eigenvalue weighted by Gasteiger charge is 2.17. The van der Waals surface area contributed by atoms with Gasteiger partial charge in [0.15, 0.2) is 11.5 Å². The summed E-state index contributed by atoms with van der Waals surface area (Å²) in [5, 5.41) is 17.6. The summed E-state index contributed by atoms with van der Waals surface area (Å²) >= 11 is 6.17. The van der Waals surface area contributed by atoms with Crippen molar-refractivity contribution in [1.82, 2.24) is 10.7 Å². The van der Waals surface area contributed by atoms with E-state index in [1.165, 1.54) is 30.5 Å². The zero-order valence-electron chi connectivity index (χ0n) is 20.5. The lowest BCUT2D eigenvalue weighted by molar-refractivity contribution is -0.384. The maximum absolute atomic E-state index is 13.0. The second-order valence-electron chi connectivity index (χ2n) is 8.31. The van der Waals surface area contributed by atoms with Crippen LogP contribution in [0.1, 0.15) is 21.7 Å². The molecule has 0 bridgehead atoms. The number of carbonyl (C=O) groups is 2. The smallest absolute Gasteiger partial charge is 0.287 e. The number of furan rings is 1. The first kappa shape index (κ1) is 26.2. The summed E-state index contributed by atoms with van der Waals surface area (Å²) in [5.74, 6) is 0.549. The van der Waals surface area contributed by atoms with Crippen LogP contribution < -0.4 is 20.2 Å². The molecule has 1 aromatic heterocycles. The molecule has 3 aromatic carbocycles. The third-order valence-electron chi connectivity index (χ3n) is 5.65. The maximum atomic E-state index is 13.0. The Bertz CT molecular complexity index is 1660. The van der Waals surface area contributed by atoms with Crippen molar-refractivity contribution in [1.29, 1.82) is 0 Å². The number of fused-ring (bicyclic) bond motifs is 1. The van der Waals surface area contributed by atoms with E-state index < -0.39 is 16.7 Å². The van der Waals surface area contributed by atoms with Gasteiger partial charge in [0.25, 0.3) is 17.5 Å². The fourth-order valence-electron chi connectivity index (χ4n) is 3.71. The van der Waals surface area contributed by atoms with Crippen LogP contribution in [0.3, 0.4) is 0 Å². The second-order valence-corrected chi connectivity index (χ2v) is 8.72. The standard InChI is InChI=1S/C28H19ClN4O7/c29-22-14-19(33(36)37)7-9-21(22)24-11-8-20(40-24)15-30-32-28(35)23(31-27(34)18-4-2-1-3-5-18)12-17-6-10-25-26(13-17)39-16-38-25/h1-15H,16H2,(H,31,34)(H,32,35). The van der Waals surface area contributed by atoms with Gasteiger partial charge in [-0.25, -0.2) is 5.43 Å². The Kier molecular flexibility index (Phi) is 7.56. The van der Waals surface area contributed by atoms with Crippen LogP contribution >= 0.6 is 11.6 Å². The number of nitro groups is 1. The third kappa shape index (κ3) is 6.00. The minimum absolute atomic E-state index is 0.0670. The topological polar surface area (TPSA) is 145 Å². The lowest BCUT2D eigenvalue weighted by Crippen LogP contribution is -2.32. The van der Waals surface area contributed by atoms with E-state index in [0.717, 1.165) is 0 Å². The molecule has 40 heavy (non-hydrogen) atoms. The molecule has 0 spiro atoms. The summed E-state index contributed by atoms with van der Waals surface area (Å²) in [6.45, 7) is 0.0974. The van der Waals surface area contributed by atoms with Crippen LogP contribution in [-0.2, 0) is 4.79 Å². The molecule has 0 fully saturated rings. The zero-order valence-corrected chi connectivity index (χ0v) is 21.3. The van der Waals surface area contributed by atoms with Crippen LogP contribution in [0.5, 0.6) is 11.5 Å². The SMILES string of the molecule is O=C(NN=Cc1ccc(-c2ccc([N+](=O)[O-])cc2Cl)o1)C(=Cc1ccc2c(c1)OCO2)NC(=O)c1ccccc1. The lowest BCUT2D eigenvalue weighted by atomic mass is 10.1. The number of benzene rings is 3. The molecule has 2 N–H and O–H groups in total. The molecule has 0 unspecified atom stereocenters. The molecule has 200 valence electrons. The predicted molar refractivity (Wildman–Crippen MR) is 146 cm³/mol. The van der Waals surface area contributed by atoms with E-state index >= 15 is 0 Å². The van der Waals surface area contributed by atoms with Gasteiger partial charge < -0.3 is 19.2 Å². The number of non-ortho nitro benzene ring substituents is 1. The number of hydrogen-bond acceptors (Lipinski definition) is 8. The van der Waals surface area contributed by atoms with Crippen molar-refractivity contribution in [3.05, 3.63) is 117 Å². The van der Waals surface area contributed by atoms with Crippen molar-refractivity contribution in [2.75, 3.05) is 6.79 Å². The van der Waals surface area contributed by atoms with Crippen molar-refractivity contribution >= 4 is 41.4 Å². The Morgan fingerprint density at radius 3 is 2.55 bits per heavy atom. The molecule has 0 radical (unpaired) electrons. The fraction of sp³-hybridized carbons (Fsp3) is 0.0357. The van der Waals surface area contributed by atoms with Crippen molar-refractivity contribution in [3.8, 4) is 22.8 Å². The summed E-state index contributed by atoms with van der Waals surface area (Å²) in [5.41, 5.74) is 3.56. The Hall–Kier alpha value is -5.42. The van der Waals surface area contributed by atoms with Gasteiger partial charge in [0.2, 0.25) is 6.79 Å². The zero-order chi connectivity index (χ0) is 28.1. The largest absolute Gasteiger partial charge is 0.455 e. The van der Waals surface area contributed by atoms with Gasteiger partial charge in [-0.1, -0.05) is 35.9 Å². The molecular formula is C28H19ClN4O7. The van der Waals surface area contributed by atoms with Crippen LogP contribution in [0.4, 0.5) is 5.69 Å². The van der Waals surface area contributed by atoms with Gasteiger partial charge in [-0.3, -0.25) is 19.7 Å². The number of rotatable bonds is 8. The summed E-state index contributed by atoms with van der Waals surface area (Å²) in [4.78, 5) is 36.2. The molecule has 2 heterocycles. The molecule has 5 rings (SSSR count). The predicted octanol–water partition coefficient (Wildman–Crippen LogP) is 5.16. The van der Waals surface area contributed by atoms with Gasteiger partial charge in [-0.05, 0) is 54.1 Å². The minimum atomic E-state index is -0.691. The molecular weight excluding hydrogens is 540 g/mol. The fourth-order valence-corrected chi connectivity index (χ4v) is 3.98. The molecule has 1 aliphatic heterocycles. The normalized spacial score (nSPS) is 12.4. The first-order valence-corrected chi connectivity index (χ1v) is 12.1. The minimum Gasteiger partial charge on any atom is -0.455 e. The van der Waals surface area contributed by atoms with Gasteiger partial charge in [0.1, 0.15) is 17.2 Å². The summed E-state index contributed by atoms with van der Waals surface area (Å²) < 4.78 is 16.4. The number of amides is 2. The Balaban J connectivity index is 1.32. The quantitative estimate of drug-likeness (QED) is 0.131. The van der Waals surface area contributed by atoms with Gasteiger partial charge >= 0.3 is 0 Å². The summed E-state index contributed by atoms with van der Waals surface area (Å²) in [7, 11) is 0. The van der Waals surface area contributed by atoms with Crippen LogP contribution in [-0.4, -0.2) is 29.7 Å². The average molecular weight is 559 g/mol. The van der Waals surface area contributed by atoms with Crippen molar-refractivity contribution in [2.45, 2.75) is 0 Å². The number of nitrogens with zero attached hydrogens (tertiary/aromatic N) is 2. The van der Waals surface area contributed by atoms with Gasteiger partial charge in [0, 0.05) is 23.3 Å². The lowest BCUT2D eigenvalue weighted by Gasteiger charge is -2.09. The van der Waals surface area contributed by atoms with E-state index in [2.05, 4.69) is 15.8 Å². The molecule has 0 saturated heterocycles. The van der Waals surface area contributed by atoms with Gasteiger partial charge in [0.05, 0.1) is 16.2 Å². The number of carbonyl (C=O) groups excluding carboxylic acids is 2.